The molecule has 4 heteroatoms. The van der Waals surface area contributed by atoms with Gasteiger partial charge in [0.25, 0.3) is 0 Å². The van der Waals surface area contributed by atoms with Crippen molar-refractivity contribution >= 4 is 8.60 Å². The quantitative estimate of drug-likeness (QED) is 0.203. The molecule has 2 aromatic rings. The monoisotopic (exact) mass is 444 g/mol. The first kappa shape index (κ1) is 25.7. The highest BCUT2D eigenvalue weighted by Gasteiger charge is 2.20. The molecule has 2 rings (SSSR count). The molecular weight excluding hydrogens is 403 g/mol. The average Bonchev–Trinajstić information content (AvgIpc) is 2.79. The Labute approximate surface area is 191 Å². The molecule has 1 unspecified atom stereocenters. The highest BCUT2D eigenvalue weighted by molar-refractivity contribution is 7.42. The van der Waals surface area contributed by atoms with Crippen LogP contribution in [0.4, 0.5) is 0 Å². The smallest absolute Gasteiger partial charge is 0.417 e. The third kappa shape index (κ3) is 8.83. The first-order chi connectivity index (χ1) is 15.1. The van der Waals surface area contributed by atoms with Crippen molar-refractivity contribution in [1.29, 1.82) is 0 Å². The minimum atomic E-state index is -1.51. The average molecular weight is 445 g/mol. The van der Waals surface area contributed by atoms with E-state index in [4.69, 9.17) is 13.6 Å². The minimum Gasteiger partial charge on any atom is -0.417 e. The van der Waals surface area contributed by atoms with Crippen molar-refractivity contribution in [3.63, 3.8) is 0 Å². The van der Waals surface area contributed by atoms with Gasteiger partial charge in [0.05, 0.1) is 6.61 Å². The molecule has 0 aliphatic carbocycles. The molecule has 1 atom stereocenters. The Kier molecular flexibility index (Phi) is 12.0. The molecule has 2 aromatic carbocycles. The molecule has 0 fully saturated rings. The number of rotatable bonds is 15. The lowest BCUT2D eigenvalue weighted by Crippen LogP contribution is -2.04. The molecule has 0 N–H and O–H groups in total. The molecule has 0 heterocycles. The topological polar surface area (TPSA) is 27.7 Å². The summed E-state index contributed by atoms with van der Waals surface area (Å²) < 4.78 is 18.7. The summed E-state index contributed by atoms with van der Waals surface area (Å²) in [5.41, 5.74) is 4.97. The molecule has 172 valence electrons. The number of hydrogen-bond acceptors (Lipinski definition) is 3. The van der Waals surface area contributed by atoms with Crippen molar-refractivity contribution in [2.45, 2.75) is 92.4 Å². The molecule has 0 amide bonds. The van der Waals surface area contributed by atoms with E-state index < -0.39 is 8.60 Å². The van der Waals surface area contributed by atoms with Crippen LogP contribution in [0.2, 0.25) is 0 Å². The zero-order chi connectivity index (χ0) is 22.5. The fraction of sp³-hybridized carbons (Fsp3) is 0.556. The van der Waals surface area contributed by atoms with E-state index in [0.717, 1.165) is 42.7 Å². The van der Waals surface area contributed by atoms with Crippen LogP contribution in [0.15, 0.2) is 36.4 Å². The summed E-state index contributed by atoms with van der Waals surface area (Å²) in [5, 5.41) is 0. The van der Waals surface area contributed by atoms with Crippen molar-refractivity contribution in [3.8, 4) is 11.5 Å². The predicted octanol–water partition coefficient (Wildman–Crippen LogP) is 8.74. The van der Waals surface area contributed by atoms with E-state index in [0.29, 0.717) is 6.61 Å². The molecule has 0 spiro atoms. The van der Waals surface area contributed by atoms with Crippen LogP contribution in [0, 0.1) is 6.92 Å². The Bertz CT molecular complexity index is 775. The normalized spacial score (nSPS) is 12.0. The van der Waals surface area contributed by atoms with Crippen LogP contribution < -0.4 is 9.05 Å². The Morgan fingerprint density at radius 2 is 1.29 bits per heavy atom. The summed E-state index contributed by atoms with van der Waals surface area (Å²) >= 11 is 0. The maximum atomic E-state index is 6.32. The Balaban J connectivity index is 2.06. The molecule has 0 aliphatic rings. The van der Waals surface area contributed by atoms with Crippen molar-refractivity contribution in [2.75, 3.05) is 6.61 Å². The van der Waals surface area contributed by atoms with Gasteiger partial charge in [-0.15, -0.1) is 0 Å². The van der Waals surface area contributed by atoms with Crippen molar-refractivity contribution in [2.24, 2.45) is 0 Å². The van der Waals surface area contributed by atoms with E-state index in [-0.39, 0.29) is 0 Å². The summed E-state index contributed by atoms with van der Waals surface area (Å²) in [6, 6.07) is 12.8. The van der Waals surface area contributed by atoms with Gasteiger partial charge < -0.3 is 9.05 Å². The van der Waals surface area contributed by atoms with Crippen LogP contribution in [0.1, 0.15) is 88.5 Å². The Morgan fingerprint density at radius 3 is 1.94 bits per heavy atom. The van der Waals surface area contributed by atoms with Crippen LogP contribution >= 0.6 is 8.60 Å². The third-order valence-corrected chi connectivity index (χ3v) is 6.69. The summed E-state index contributed by atoms with van der Waals surface area (Å²) in [6.45, 7) is 11.5. The van der Waals surface area contributed by atoms with Crippen LogP contribution in [0.3, 0.4) is 0 Å². The van der Waals surface area contributed by atoms with Gasteiger partial charge in [-0.1, -0.05) is 84.1 Å². The van der Waals surface area contributed by atoms with Crippen molar-refractivity contribution < 1.29 is 13.6 Å². The molecule has 0 radical (unpaired) electrons. The van der Waals surface area contributed by atoms with Gasteiger partial charge in [0.2, 0.25) is 0 Å². The first-order valence-corrected chi connectivity index (χ1v) is 13.2. The van der Waals surface area contributed by atoms with Gasteiger partial charge in [-0.2, -0.15) is 0 Å². The molecule has 3 nitrogen and oxygen atoms in total. The molecular formula is C27H41O3P. The van der Waals surface area contributed by atoms with Gasteiger partial charge >= 0.3 is 8.60 Å². The summed E-state index contributed by atoms with van der Waals surface area (Å²) in [6.07, 6.45) is 10.4. The molecule has 0 bridgehead atoms. The predicted molar refractivity (Wildman–Crippen MR) is 133 cm³/mol. The first-order valence-electron chi connectivity index (χ1n) is 12.1. The van der Waals surface area contributed by atoms with Crippen LogP contribution in [0.25, 0.3) is 0 Å². The van der Waals surface area contributed by atoms with Crippen molar-refractivity contribution in [3.05, 3.63) is 58.7 Å². The fourth-order valence-electron chi connectivity index (χ4n) is 3.51. The number of unbranched alkanes of at least 4 members (excludes halogenated alkanes) is 5. The maximum absolute atomic E-state index is 6.32. The van der Waals surface area contributed by atoms with E-state index in [1.54, 1.807) is 0 Å². The second-order valence-electron chi connectivity index (χ2n) is 8.11. The molecule has 0 aromatic heterocycles. The van der Waals surface area contributed by atoms with Gasteiger partial charge in [-0.25, -0.2) is 0 Å². The summed E-state index contributed by atoms with van der Waals surface area (Å²) in [7, 11) is -1.51. The SMILES string of the molecule is CCCCCCCCOP(Oc1ccc(CC)cc1C)Oc1ccc(CC)cc1CC. The minimum absolute atomic E-state index is 0.665. The van der Waals surface area contributed by atoms with Gasteiger partial charge in [0.15, 0.2) is 0 Å². The summed E-state index contributed by atoms with van der Waals surface area (Å²) in [5.74, 6) is 1.71. The van der Waals surface area contributed by atoms with Crippen LogP contribution in [0.5, 0.6) is 11.5 Å². The lowest BCUT2D eigenvalue weighted by molar-refractivity contribution is 0.257. The highest BCUT2D eigenvalue weighted by Crippen LogP contribution is 2.44. The van der Waals surface area contributed by atoms with E-state index in [2.05, 4.69) is 65.0 Å². The zero-order valence-electron chi connectivity index (χ0n) is 20.2. The lowest BCUT2D eigenvalue weighted by atomic mass is 10.1. The van der Waals surface area contributed by atoms with Crippen LogP contribution in [-0.2, 0) is 23.8 Å². The second-order valence-corrected chi connectivity index (χ2v) is 9.18. The van der Waals surface area contributed by atoms with E-state index in [9.17, 15) is 0 Å². The Morgan fingerprint density at radius 1 is 0.677 bits per heavy atom. The molecule has 0 saturated carbocycles. The maximum Gasteiger partial charge on any atom is 0.463 e. The highest BCUT2D eigenvalue weighted by atomic mass is 31.2. The molecule has 0 saturated heterocycles. The molecule has 0 aliphatic heterocycles. The van der Waals surface area contributed by atoms with Crippen LogP contribution in [-0.4, -0.2) is 6.61 Å². The van der Waals surface area contributed by atoms with E-state index in [1.807, 2.05) is 6.07 Å². The lowest BCUT2D eigenvalue weighted by Gasteiger charge is -2.20. The van der Waals surface area contributed by atoms with Gasteiger partial charge in [-0.3, -0.25) is 4.52 Å². The van der Waals surface area contributed by atoms with Gasteiger partial charge in [0, 0.05) is 0 Å². The van der Waals surface area contributed by atoms with E-state index >= 15 is 0 Å². The third-order valence-electron chi connectivity index (χ3n) is 5.60. The standard InChI is InChI=1S/C27H41O3P/c1-6-10-11-12-13-14-19-28-31(29-26-17-15-23(7-2)20-22(26)5)30-27-18-16-24(8-3)21-25(27)9-4/h15-18,20-21H,6-14,19H2,1-5H3. The number of hydrogen-bond donors (Lipinski definition) is 0. The summed E-state index contributed by atoms with van der Waals surface area (Å²) in [4.78, 5) is 0. The Hall–Kier alpha value is -1.57. The van der Waals surface area contributed by atoms with Gasteiger partial charge in [0.1, 0.15) is 11.5 Å². The molecule has 31 heavy (non-hydrogen) atoms. The number of benzene rings is 2. The van der Waals surface area contributed by atoms with Crippen molar-refractivity contribution in [1.82, 2.24) is 0 Å². The number of aryl methyl sites for hydroxylation is 4. The fourth-order valence-corrected chi connectivity index (χ4v) is 4.63. The van der Waals surface area contributed by atoms with Gasteiger partial charge in [-0.05, 0) is 67.0 Å². The largest absolute Gasteiger partial charge is 0.463 e. The van der Waals surface area contributed by atoms with E-state index in [1.165, 1.54) is 48.8 Å². The second kappa shape index (κ2) is 14.5. The zero-order valence-corrected chi connectivity index (χ0v) is 21.1.